The van der Waals surface area contributed by atoms with Crippen LogP contribution in [0.5, 0.6) is 0 Å². The number of pyridine rings is 1. The first-order chi connectivity index (χ1) is 9.08. The summed E-state index contributed by atoms with van der Waals surface area (Å²) in [4.78, 5) is 18.2. The molecule has 0 N–H and O–H groups in total. The van der Waals surface area contributed by atoms with E-state index in [1.807, 2.05) is 30.3 Å². The van der Waals surface area contributed by atoms with E-state index in [1.165, 1.54) is 0 Å². The molecule has 3 nitrogen and oxygen atoms in total. The van der Waals surface area contributed by atoms with Gasteiger partial charge in [0.25, 0.3) is 5.91 Å². The van der Waals surface area contributed by atoms with Crippen LogP contribution in [0.2, 0.25) is 0 Å². The summed E-state index contributed by atoms with van der Waals surface area (Å²) in [6.45, 7) is 0.488. The fourth-order valence-corrected chi connectivity index (χ4v) is 2.89. The SMILES string of the molecule is CN(Cc1ccccn1)C(=O)c1ccc(Br)cc1Br. The number of rotatable bonds is 3. The number of hydrogen-bond donors (Lipinski definition) is 0. The van der Waals surface area contributed by atoms with Crippen LogP contribution < -0.4 is 0 Å². The van der Waals surface area contributed by atoms with E-state index in [1.54, 1.807) is 24.2 Å². The second kappa shape index (κ2) is 6.30. The van der Waals surface area contributed by atoms with Gasteiger partial charge in [0, 0.05) is 22.2 Å². The van der Waals surface area contributed by atoms with Crippen LogP contribution in [0.4, 0.5) is 0 Å². The summed E-state index contributed by atoms with van der Waals surface area (Å²) in [5, 5.41) is 0. The monoisotopic (exact) mass is 382 g/mol. The van der Waals surface area contributed by atoms with Crippen molar-refractivity contribution >= 4 is 37.8 Å². The van der Waals surface area contributed by atoms with Crippen molar-refractivity contribution in [2.75, 3.05) is 7.05 Å². The average Bonchev–Trinajstić information content (AvgIpc) is 2.39. The van der Waals surface area contributed by atoms with Crippen molar-refractivity contribution < 1.29 is 4.79 Å². The second-order valence-electron chi connectivity index (χ2n) is 4.11. The Labute approximate surface area is 128 Å². The van der Waals surface area contributed by atoms with Crippen LogP contribution >= 0.6 is 31.9 Å². The molecular formula is C14H12Br2N2O. The van der Waals surface area contributed by atoms with E-state index in [0.717, 1.165) is 14.6 Å². The number of amides is 1. The van der Waals surface area contributed by atoms with Crippen molar-refractivity contribution in [1.29, 1.82) is 0 Å². The Balaban J connectivity index is 2.15. The smallest absolute Gasteiger partial charge is 0.255 e. The Morgan fingerprint density at radius 3 is 2.68 bits per heavy atom. The number of carbonyl (C=O) groups excluding carboxylic acids is 1. The normalized spacial score (nSPS) is 10.3. The van der Waals surface area contributed by atoms with Crippen molar-refractivity contribution in [3.8, 4) is 0 Å². The highest BCUT2D eigenvalue weighted by Crippen LogP contribution is 2.23. The molecule has 5 heteroatoms. The number of aromatic nitrogens is 1. The predicted octanol–water partition coefficient (Wildman–Crippen LogP) is 3.88. The molecule has 0 aliphatic rings. The lowest BCUT2D eigenvalue weighted by atomic mass is 10.2. The van der Waals surface area contributed by atoms with Gasteiger partial charge < -0.3 is 4.90 Å². The van der Waals surface area contributed by atoms with Crippen LogP contribution in [0.1, 0.15) is 16.1 Å². The van der Waals surface area contributed by atoms with E-state index in [4.69, 9.17) is 0 Å². The zero-order chi connectivity index (χ0) is 13.8. The van der Waals surface area contributed by atoms with Gasteiger partial charge in [-0.3, -0.25) is 9.78 Å². The Bertz CT molecular complexity index is 587. The molecule has 0 saturated carbocycles. The first-order valence-electron chi connectivity index (χ1n) is 5.68. The number of halogens is 2. The van der Waals surface area contributed by atoms with Gasteiger partial charge in [0.1, 0.15) is 0 Å². The lowest BCUT2D eigenvalue weighted by molar-refractivity contribution is 0.0782. The fourth-order valence-electron chi connectivity index (χ4n) is 1.67. The van der Waals surface area contributed by atoms with Gasteiger partial charge in [0.05, 0.1) is 17.8 Å². The fraction of sp³-hybridized carbons (Fsp3) is 0.143. The third-order valence-corrected chi connectivity index (χ3v) is 3.78. The Kier molecular flexibility index (Phi) is 4.71. The molecule has 2 rings (SSSR count). The molecule has 0 fully saturated rings. The summed E-state index contributed by atoms with van der Waals surface area (Å²) in [5.41, 5.74) is 1.51. The minimum atomic E-state index is -0.0370. The molecule has 1 amide bonds. The van der Waals surface area contributed by atoms with Crippen LogP contribution in [0.15, 0.2) is 51.5 Å². The van der Waals surface area contributed by atoms with Gasteiger partial charge in [-0.25, -0.2) is 0 Å². The molecule has 2 aromatic rings. The summed E-state index contributed by atoms with van der Waals surface area (Å²) in [6, 6.07) is 11.2. The summed E-state index contributed by atoms with van der Waals surface area (Å²) in [7, 11) is 1.77. The van der Waals surface area contributed by atoms with Crippen LogP contribution in [0.3, 0.4) is 0 Å². The molecule has 19 heavy (non-hydrogen) atoms. The van der Waals surface area contributed by atoms with Crippen molar-refractivity contribution in [2.24, 2.45) is 0 Å². The van der Waals surface area contributed by atoms with E-state index in [9.17, 15) is 4.79 Å². The lowest BCUT2D eigenvalue weighted by Crippen LogP contribution is -2.26. The van der Waals surface area contributed by atoms with Gasteiger partial charge in [-0.2, -0.15) is 0 Å². The predicted molar refractivity (Wildman–Crippen MR) is 81.9 cm³/mol. The topological polar surface area (TPSA) is 33.2 Å². The number of nitrogens with zero attached hydrogens (tertiary/aromatic N) is 2. The molecule has 98 valence electrons. The molecular weight excluding hydrogens is 372 g/mol. The third kappa shape index (κ3) is 3.64. The van der Waals surface area contributed by atoms with Gasteiger partial charge in [-0.1, -0.05) is 22.0 Å². The Morgan fingerprint density at radius 2 is 2.05 bits per heavy atom. The maximum absolute atomic E-state index is 12.3. The van der Waals surface area contributed by atoms with Crippen molar-refractivity contribution in [3.05, 3.63) is 62.8 Å². The Morgan fingerprint density at radius 1 is 1.26 bits per heavy atom. The van der Waals surface area contributed by atoms with E-state index in [2.05, 4.69) is 36.8 Å². The highest BCUT2D eigenvalue weighted by atomic mass is 79.9. The van der Waals surface area contributed by atoms with Gasteiger partial charge >= 0.3 is 0 Å². The van der Waals surface area contributed by atoms with Crippen LogP contribution in [0.25, 0.3) is 0 Å². The van der Waals surface area contributed by atoms with Gasteiger partial charge in [-0.15, -0.1) is 0 Å². The minimum absolute atomic E-state index is 0.0370. The molecule has 0 spiro atoms. The van der Waals surface area contributed by atoms with E-state index in [0.29, 0.717) is 12.1 Å². The molecule has 1 heterocycles. The highest BCUT2D eigenvalue weighted by Gasteiger charge is 2.15. The summed E-state index contributed by atoms with van der Waals surface area (Å²) in [6.07, 6.45) is 1.73. The number of benzene rings is 1. The van der Waals surface area contributed by atoms with Crippen LogP contribution in [0, 0.1) is 0 Å². The van der Waals surface area contributed by atoms with Gasteiger partial charge in [0.15, 0.2) is 0 Å². The second-order valence-corrected chi connectivity index (χ2v) is 5.88. The number of hydrogen-bond acceptors (Lipinski definition) is 2. The van der Waals surface area contributed by atoms with E-state index in [-0.39, 0.29) is 5.91 Å². The third-order valence-electron chi connectivity index (χ3n) is 2.63. The summed E-state index contributed by atoms with van der Waals surface area (Å²) in [5.74, 6) is -0.0370. The average molecular weight is 384 g/mol. The first-order valence-corrected chi connectivity index (χ1v) is 7.27. The first kappa shape index (κ1) is 14.2. The zero-order valence-electron chi connectivity index (χ0n) is 10.3. The Hall–Kier alpha value is -1.20. The molecule has 0 unspecified atom stereocenters. The van der Waals surface area contributed by atoms with Gasteiger partial charge in [-0.05, 0) is 46.3 Å². The van der Waals surface area contributed by atoms with E-state index < -0.39 is 0 Å². The molecule has 0 aliphatic heterocycles. The molecule has 0 saturated heterocycles. The maximum atomic E-state index is 12.3. The quantitative estimate of drug-likeness (QED) is 0.805. The lowest BCUT2D eigenvalue weighted by Gasteiger charge is -2.17. The van der Waals surface area contributed by atoms with Crippen molar-refractivity contribution in [3.63, 3.8) is 0 Å². The molecule has 0 aliphatic carbocycles. The van der Waals surface area contributed by atoms with E-state index >= 15 is 0 Å². The molecule has 1 aromatic carbocycles. The number of carbonyl (C=O) groups is 1. The minimum Gasteiger partial charge on any atom is -0.336 e. The van der Waals surface area contributed by atoms with Crippen LogP contribution in [-0.2, 0) is 6.54 Å². The molecule has 0 bridgehead atoms. The molecule has 1 aromatic heterocycles. The van der Waals surface area contributed by atoms with Crippen molar-refractivity contribution in [1.82, 2.24) is 9.88 Å². The van der Waals surface area contributed by atoms with Crippen molar-refractivity contribution in [2.45, 2.75) is 6.54 Å². The van der Waals surface area contributed by atoms with Gasteiger partial charge in [0.2, 0.25) is 0 Å². The molecule has 0 radical (unpaired) electrons. The summed E-state index contributed by atoms with van der Waals surface area (Å²) >= 11 is 6.78. The zero-order valence-corrected chi connectivity index (χ0v) is 13.5. The summed E-state index contributed by atoms with van der Waals surface area (Å²) < 4.78 is 1.71. The standard InChI is InChI=1S/C14H12Br2N2O/c1-18(9-11-4-2-3-7-17-11)14(19)12-6-5-10(15)8-13(12)16/h2-8H,9H2,1H3. The maximum Gasteiger partial charge on any atom is 0.255 e. The van der Waals surface area contributed by atoms with Crippen LogP contribution in [-0.4, -0.2) is 22.8 Å². The largest absolute Gasteiger partial charge is 0.336 e. The molecule has 0 atom stereocenters. The highest BCUT2D eigenvalue weighted by molar-refractivity contribution is 9.11.